The number of amides is 3. The number of nitrogens with one attached hydrogen (secondary N) is 1. The van der Waals surface area contributed by atoms with Crippen LogP contribution in [0.1, 0.15) is 129 Å². The van der Waals surface area contributed by atoms with Crippen LogP contribution >= 0.6 is 69.9 Å². The van der Waals surface area contributed by atoms with Crippen molar-refractivity contribution in [3.8, 4) is 0 Å². The second-order valence-corrected chi connectivity index (χ2v) is 30.1. The number of amidine groups is 2. The van der Waals surface area contributed by atoms with Crippen LogP contribution in [0, 0.1) is 23.5 Å². The zero-order valence-corrected chi connectivity index (χ0v) is 59.7. The number of carbonyl (C=O) groups is 4. The maximum Gasteiger partial charge on any atom is 0.326 e. The van der Waals surface area contributed by atoms with Gasteiger partial charge in [0.25, 0.3) is 11.8 Å². The minimum Gasteiger partial charge on any atom is -0.480 e. The van der Waals surface area contributed by atoms with Gasteiger partial charge in [-0.3, -0.25) is 29.2 Å². The van der Waals surface area contributed by atoms with Crippen molar-refractivity contribution in [2.24, 2.45) is 21.8 Å². The number of halogens is 6. The summed E-state index contributed by atoms with van der Waals surface area (Å²) in [4.78, 5) is 88.4. The highest BCUT2D eigenvalue weighted by molar-refractivity contribution is 8.18. The van der Waals surface area contributed by atoms with Crippen LogP contribution in [0.2, 0.25) is 20.2 Å². The van der Waals surface area contributed by atoms with Crippen molar-refractivity contribution >= 4 is 104 Å². The van der Waals surface area contributed by atoms with Gasteiger partial charge in [-0.2, -0.15) is 0 Å². The lowest BCUT2D eigenvalue weighted by Gasteiger charge is -2.41. The number of β-amino-alcohol motifs (C(OH)–C–C–N with tert-alkyl or cyclic N) is 2. The summed E-state index contributed by atoms with van der Waals surface area (Å²) in [6, 6.07) is 14.5. The van der Waals surface area contributed by atoms with E-state index in [1.54, 1.807) is 53.7 Å². The van der Waals surface area contributed by atoms with Gasteiger partial charge in [0.15, 0.2) is 10.3 Å². The predicted octanol–water partition coefficient (Wildman–Crippen LogP) is 11.2. The number of allylic oxidation sites excluding steroid dienone is 2. The number of hydrogen-bond acceptors (Lipinski definition) is 17. The lowest BCUT2D eigenvalue weighted by Crippen LogP contribution is -2.58. The lowest BCUT2D eigenvalue weighted by molar-refractivity contribution is -0.147. The Hall–Kier alpha value is -5.44. The van der Waals surface area contributed by atoms with Gasteiger partial charge in [0, 0.05) is 106 Å². The number of nitrogens with zero attached hydrogens (tertiary/aromatic N) is 11. The number of carboxylic acid groups (broad SMARTS) is 1. The van der Waals surface area contributed by atoms with E-state index in [0.29, 0.717) is 98.6 Å². The quantitative estimate of drug-likeness (QED) is 0.0864. The van der Waals surface area contributed by atoms with E-state index in [1.165, 1.54) is 46.6 Å². The van der Waals surface area contributed by atoms with Gasteiger partial charge in [-0.25, -0.2) is 28.5 Å². The van der Waals surface area contributed by atoms with E-state index < -0.39 is 52.8 Å². The SMILES string of the molecule is CC(C)C1=C(C(=O)N2[C@H](C)CC[C@H]2C(=O)N2CCN(CCO)[C@H](C)C2)SC2=N[C@@](C)(c3ccc(Cl)nc3)[C@@H](c3ccc(Cl)c(F)c3)N21.CC(C)C1=C(C(=O)N2[C@H](C)CC[C@H]2C(=O)O)SC2=N[C@@](C)(c3ccc(Cl)cn3)[C@@H](c3ccc(Cl)c(F)c3)N21.C[C@@H]1CNCCN1CCO. The van der Waals surface area contributed by atoms with Crippen molar-refractivity contribution in [3.63, 3.8) is 0 Å². The van der Waals surface area contributed by atoms with Crippen molar-refractivity contribution in [1.29, 1.82) is 0 Å². The van der Waals surface area contributed by atoms with Gasteiger partial charge < -0.3 is 45.1 Å². The molecule has 4 saturated heterocycles. The molecule has 10 atom stereocenters. The summed E-state index contributed by atoms with van der Waals surface area (Å²) < 4.78 is 29.8. The number of fused-ring (bicyclic) bond motifs is 2. The van der Waals surface area contributed by atoms with E-state index in [1.807, 2.05) is 71.3 Å². The molecule has 0 bridgehead atoms. The first-order valence-corrected chi connectivity index (χ1v) is 35.6. The average molecular weight is 1430 g/mol. The fourth-order valence-corrected chi connectivity index (χ4v) is 17.7. The number of carbonyl (C=O) groups excluding carboxylic acids is 3. The van der Waals surface area contributed by atoms with Crippen LogP contribution in [0.5, 0.6) is 0 Å². The Balaban J connectivity index is 0.000000183. The zero-order valence-electron chi connectivity index (χ0n) is 55.1. The van der Waals surface area contributed by atoms with Gasteiger partial charge in [-0.15, -0.1) is 0 Å². The highest BCUT2D eigenvalue weighted by atomic mass is 35.5. The minimum atomic E-state index is -1.01. The first kappa shape index (κ1) is 72.3. The molecular formula is C68H84Cl4F2N12O7S2. The largest absolute Gasteiger partial charge is 0.480 e. The van der Waals surface area contributed by atoms with Crippen LogP contribution in [0.3, 0.4) is 0 Å². The van der Waals surface area contributed by atoms with E-state index in [9.17, 15) is 33.8 Å². The molecule has 4 aromatic rings. The summed E-state index contributed by atoms with van der Waals surface area (Å²) in [7, 11) is 0. The molecule has 8 aliphatic rings. The minimum absolute atomic E-state index is 0.00762. The predicted molar refractivity (Wildman–Crippen MR) is 371 cm³/mol. The average Bonchev–Trinajstić information content (AvgIpc) is 1.56. The molecule has 4 fully saturated rings. The van der Waals surface area contributed by atoms with Crippen LogP contribution in [0.15, 0.2) is 104 Å². The number of aromatic nitrogens is 2. The van der Waals surface area contributed by atoms with Crippen LogP contribution < -0.4 is 5.32 Å². The molecule has 3 amide bonds. The monoisotopic (exact) mass is 1420 g/mol. The molecule has 27 heteroatoms. The zero-order chi connectivity index (χ0) is 68.7. The van der Waals surface area contributed by atoms with Crippen molar-refractivity contribution in [3.05, 3.63) is 149 Å². The summed E-state index contributed by atoms with van der Waals surface area (Å²) >= 11 is 26.9. The van der Waals surface area contributed by atoms with E-state index in [4.69, 9.17) is 61.5 Å². The van der Waals surface area contributed by atoms with Crippen LogP contribution in [0.4, 0.5) is 8.78 Å². The molecule has 8 aliphatic heterocycles. The summed E-state index contributed by atoms with van der Waals surface area (Å²) in [5, 5.41) is 33.2. The lowest BCUT2D eigenvalue weighted by atomic mass is 9.81. The second-order valence-electron chi connectivity index (χ2n) is 26.5. The molecule has 0 spiro atoms. The summed E-state index contributed by atoms with van der Waals surface area (Å²) in [6.45, 7) is 26.8. The Morgan fingerprint density at radius 1 is 0.642 bits per heavy atom. The smallest absolute Gasteiger partial charge is 0.326 e. The number of piperazine rings is 2. The second kappa shape index (κ2) is 30.0. The highest BCUT2D eigenvalue weighted by Crippen LogP contribution is 2.58. The van der Waals surface area contributed by atoms with E-state index in [-0.39, 0.29) is 70.9 Å². The molecule has 2 aromatic heterocycles. The summed E-state index contributed by atoms with van der Waals surface area (Å²) in [5.41, 5.74) is 2.41. The molecular weight excluding hydrogens is 1340 g/mol. The van der Waals surface area contributed by atoms with Gasteiger partial charge in [0.2, 0.25) is 5.91 Å². The van der Waals surface area contributed by atoms with Crippen molar-refractivity contribution < 1.29 is 43.3 Å². The van der Waals surface area contributed by atoms with Crippen molar-refractivity contribution in [1.82, 2.24) is 49.6 Å². The number of likely N-dealkylation sites (tertiary alicyclic amines) is 2. The van der Waals surface area contributed by atoms with Crippen LogP contribution in [-0.4, -0.2) is 195 Å². The molecule has 512 valence electrons. The number of aliphatic imine (C=N–C) groups is 2. The normalized spacial score (nSPS) is 27.6. The molecule has 2 aromatic carbocycles. The van der Waals surface area contributed by atoms with Crippen LogP contribution in [0.25, 0.3) is 0 Å². The standard InChI is InChI=1S/C34H41Cl2FN6O3S.C27H27Cl2FN4O3S.C7H16N2O/c1-19(2)28-29(32(46)42-20(3)6-10-26(42)31(45)41-13-12-40(14-15-44)21(4)18-41)47-33-39-34(5,23-8-11-27(36)38-17-23)30(43(28)33)22-7-9-24(35)25(37)16-22;1-13(2)21-22(24(35)33-14(3)5-9-19(33)25(36)37)38-26-32-27(4,20-10-7-16(28)12-31-20)23(34(21)26)15-6-8-17(29)18(30)11-15;1-7-6-8-2-3-9(7)4-5-10/h7-9,11,16-17,19-21,26,30,44H,6,10,12-15,18H2,1-5H3;6-8,10-14,19,23H,5,9H2,1-4H3,(H,36,37);7-8,10H,2-6H2,1H3/t20-,21-,26+,30-,34+;14-,19+,23-,27+;7-/m111/s1. The Morgan fingerprint density at radius 2 is 1.17 bits per heavy atom. The molecule has 95 heavy (non-hydrogen) atoms. The molecule has 10 heterocycles. The third-order valence-electron chi connectivity index (χ3n) is 19.4. The molecule has 0 saturated carbocycles. The maximum atomic E-state index is 15.0. The first-order valence-electron chi connectivity index (χ1n) is 32.5. The molecule has 12 rings (SSSR count). The molecule has 19 nitrogen and oxygen atoms in total. The fourth-order valence-electron chi connectivity index (χ4n) is 14.5. The third kappa shape index (κ3) is 14.4. The Bertz CT molecular complexity index is 3680. The molecule has 0 radical (unpaired) electrons. The number of carboxylic acids is 1. The van der Waals surface area contributed by atoms with Crippen LogP contribution in [-0.2, 0) is 30.3 Å². The Morgan fingerprint density at radius 3 is 1.64 bits per heavy atom. The highest BCUT2D eigenvalue weighted by Gasteiger charge is 2.57. The first-order chi connectivity index (χ1) is 45.1. The fraction of sp³-hybridized carbons (Fsp3) is 0.529. The molecule has 0 unspecified atom stereocenters. The van der Waals surface area contributed by atoms with Gasteiger partial charge in [-0.05, 0) is 156 Å². The number of aliphatic hydroxyl groups is 2. The van der Waals surface area contributed by atoms with E-state index in [0.717, 1.165) is 49.6 Å². The Kier molecular flexibility index (Phi) is 22.8. The molecule has 4 N–H and O–H groups in total. The number of pyridine rings is 2. The van der Waals surface area contributed by atoms with E-state index in [2.05, 4.69) is 43.8 Å². The van der Waals surface area contributed by atoms with E-state index >= 15 is 4.39 Å². The number of hydrogen-bond donors (Lipinski definition) is 4. The number of benzene rings is 2. The Labute approximate surface area is 583 Å². The summed E-state index contributed by atoms with van der Waals surface area (Å²) in [5.74, 6) is -2.83. The maximum absolute atomic E-state index is 15.0. The van der Waals surface area contributed by atoms with Gasteiger partial charge in [0.05, 0.1) is 46.1 Å². The third-order valence-corrected chi connectivity index (χ3v) is 22.6. The van der Waals surface area contributed by atoms with Gasteiger partial charge in [-0.1, -0.05) is 92.3 Å². The van der Waals surface area contributed by atoms with Crippen molar-refractivity contribution in [2.45, 2.75) is 154 Å². The molecule has 0 aliphatic carbocycles. The topological polar surface area (TPSA) is 214 Å². The van der Waals surface area contributed by atoms with Crippen molar-refractivity contribution in [2.75, 3.05) is 65.6 Å². The van der Waals surface area contributed by atoms with Gasteiger partial charge in [0.1, 0.15) is 49.8 Å². The number of thioether (sulfide) groups is 2. The summed E-state index contributed by atoms with van der Waals surface area (Å²) in [6.07, 6.45) is 5.61. The van der Waals surface area contributed by atoms with Gasteiger partial charge >= 0.3 is 5.97 Å². The number of aliphatic hydroxyl groups excluding tert-OH is 2. The number of aliphatic carboxylic acids is 1. The number of rotatable bonds is 14.